The number of carbonyl (C=O) groups excluding carboxylic acids is 5. The average Bonchev–Trinajstić information content (AvgIpc) is 3.24. The van der Waals surface area contributed by atoms with E-state index in [0.29, 0.717) is 6.42 Å². The molecule has 2 heterocycles. The standard InChI is InChI=1S/C35H41N3O5/c1-2-3-4-5-6-7-8-9-10-11-12-13-14-15-16-17-18-19-20-24-30(39)36-28-23-21-22-27-32(28)35(43)38(34(27)42)29-25-26-31(40)37-33(29)41/h3-4,6-7,9-10,12-13,15-16,18-19,21-23,29H,2,5,8,11,14,17,20,24-26H2,1H3,(H,36,39)(H,37,40,41). The molecule has 0 saturated carbocycles. The molecule has 1 fully saturated rings. The molecule has 1 atom stereocenters. The molecule has 1 saturated heterocycles. The van der Waals surface area contributed by atoms with E-state index in [2.05, 4.69) is 78.3 Å². The molecule has 2 N–H and O–H groups in total. The van der Waals surface area contributed by atoms with E-state index in [1.54, 1.807) is 12.1 Å². The van der Waals surface area contributed by atoms with Crippen LogP contribution in [0.2, 0.25) is 0 Å². The molecule has 2 aliphatic rings. The number of fused-ring (bicyclic) bond motifs is 1. The number of carbonyl (C=O) groups is 5. The summed E-state index contributed by atoms with van der Waals surface area (Å²) in [5.41, 5.74) is 0.433. The van der Waals surface area contributed by atoms with E-state index in [0.717, 1.165) is 43.4 Å². The van der Waals surface area contributed by atoms with E-state index in [9.17, 15) is 24.0 Å². The number of benzene rings is 1. The van der Waals surface area contributed by atoms with Gasteiger partial charge in [-0.3, -0.25) is 34.2 Å². The zero-order valence-electron chi connectivity index (χ0n) is 24.8. The van der Waals surface area contributed by atoms with Crippen LogP contribution in [-0.2, 0) is 14.4 Å². The summed E-state index contributed by atoms with van der Waals surface area (Å²) in [5.74, 6) is -2.65. The number of piperidine rings is 1. The molecule has 1 aromatic rings. The molecule has 0 aliphatic carbocycles. The van der Waals surface area contributed by atoms with E-state index in [-0.39, 0.29) is 42.0 Å². The van der Waals surface area contributed by atoms with Crippen molar-refractivity contribution in [3.05, 3.63) is 102 Å². The fourth-order valence-corrected chi connectivity index (χ4v) is 4.69. The first-order chi connectivity index (χ1) is 20.9. The minimum absolute atomic E-state index is 0.0437. The number of hydrogen-bond donors (Lipinski definition) is 2. The van der Waals surface area contributed by atoms with Gasteiger partial charge in [0.15, 0.2) is 0 Å². The second kappa shape index (κ2) is 18.1. The molecule has 43 heavy (non-hydrogen) atoms. The molecule has 0 aromatic heterocycles. The molecular formula is C35H41N3O5. The average molecular weight is 584 g/mol. The van der Waals surface area contributed by atoms with E-state index in [4.69, 9.17) is 0 Å². The van der Waals surface area contributed by atoms with Gasteiger partial charge in [-0.25, -0.2) is 0 Å². The van der Waals surface area contributed by atoms with Gasteiger partial charge in [0.25, 0.3) is 11.8 Å². The fraction of sp³-hybridized carbons (Fsp3) is 0.343. The van der Waals surface area contributed by atoms with Crippen LogP contribution in [0, 0.1) is 0 Å². The van der Waals surface area contributed by atoms with Gasteiger partial charge >= 0.3 is 0 Å². The Morgan fingerprint density at radius 3 is 1.93 bits per heavy atom. The largest absolute Gasteiger partial charge is 0.325 e. The first kappa shape index (κ1) is 32.9. The van der Waals surface area contributed by atoms with E-state index >= 15 is 0 Å². The topological polar surface area (TPSA) is 113 Å². The van der Waals surface area contributed by atoms with Crippen LogP contribution >= 0.6 is 0 Å². The smallest absolute Gasteiger partial charge is 0.264 e. The number of nitrogens with one attached hydrogen (secondary N) is 2. The quantitative estimate of drug-likeness (QED) is 0.170. The Hall–Kier alpha value is -4.59. The van der Waals surface area contributed by atoms with Gasteiger partial charge in [0.2, 0.25) is 17.7 Å². The molecule has 8 heteroatoms. The van der Waals surface area contributed by atoms with Crippen molar-refractivity contribution in [2.45, 2.75) is 77.2 Å². The number of nitrogens with zero attached hydrogens (tertiary/aromatic N) is 1. The molecule has 0 radical (unpaired) electrons. The van der Waals surface area contributed by atoms with Crippen molar-refractivity contribution in [3.8, 4) is 0 Å². The first-order valence-corrected chi connectivity index (χ1v) is 15.0. The number of rotatable bonds is 16. The van der Waals surface area contributed by atoms with Gasteiger partial charge in [-0.15, -0.1) is 0 Å². The Morgan fingerprint density at radius 1 is 0.814 bits per heavy atom. The van der Waals surface area contributed by atoms with Crippen LogP contribution in [0.1, 0.15) is 91.8 Å². The molecule has 1 unspecified atom stereocenters. The van der Waals surface area contributed by atoms with Crippen LogP contribution in [-0.4, -0.2) is 40.5 Å². The Bertz CT molecular complexity index is 1350. The van der Waals surface area contributed by atoms with Crippen LogP contribution in [0.5, 0.6) is 0 Å². The summed E-state index contributed by atoms with van der Waals surface area (Å²) in [5, 5.41) is 4.91. The maximum Gasteiger partial charge on any atom is 0.264 e. The van der Waals surface area contributed by atoms with Gasteiger partial charge in [0.1, 0.15) is 6.04 Å². The number of anilines is 1. The lowest BCUT2D eigenvalue weighted by Crippen LogP contribution is -2.54. The molecule has 3 rings (SSSR count). The molecule has 8 nitrogen and oxygen atoms in total. The van der Waals surface area contributed by atoms with Crippen LogP contribution in [0.15, 0.2) is 91.1 Å². The molecular weight excluding hydrogens is 542 g/mol. The molecule has 0 bridgehead atoms. The zero-order valence-corrected chi connectivity index (χ0v) is 24.8. The SMILES string of the molecule is CCC=CCC=CCC=CCC=CCC=CCC=CCCC(=O)Nc1cccc2c1C(=O)N(C1CCC(=O)NC1=O)C2=O. The minimum Gasteiger partial charge on any atom is -0.325 e. The molecule has 0 spiro atoms. The first-order valence-electron chi connectivity index (χ1n) is 15.0. The maximum absolute atomic E-state index is 13.1. The molecule has 5 amide bonds. The summed E-state index contributed by atoms with van der Waals surface area (Å²) >= 11 is 0. The summed E-state index contributed by atoms with van der Waals surface area (Å²) in [6, 6.07) is 3.59. The lowest BCUT2D eigenvalue weighted by atomic mass is 10.0. The number of allylic oxidation sites excluding steroid dienone is 12. The Balaban J connectivity index is 1.34. The normalized spacial score (nSPS) is 17.6. The predicted molar refractivity (Wildman–Crippen MR) is 169 cm³/mol. The van der Waals surface area contributed by atoms with E-state index in [1.807, 2.05) is 12.2 Å². The number of hydrogen-bond acceptors (Lipinski definition) is 5. The Labute approximate surface area is 254 Å². The summed E-state index contributed by atoms with van der Waals surface area (Å²) < 4.78 is 0. The lowest BCUT2D eigenvalue weighted by molar-refractivity contribution is -0.136. The van der Waals surface area contributed by atoms with E-state index in [1.165, 1.54) is 6.07 Å². The van der Waals surface area contributed by atoms with Gasteiger partial charge in [-0.1, -0.05) is 85.9 Å². The van der Waals surface area contributed by atoms with Crippen molar-refractivity contribution < 1.29 is 24.0 Å². The van der Waals surface area contributed by atoms with Crippen molar-refractivity contribution in [3.63, 3.8) is 0 Å². The summed E-state index contributed by atoms with van der Waals surface area (Å²) in [4.78, 5) is 63.3. The van der Waals surface area contributed by atoms with Gasteiger partial charge < -0.3 is 5.32 Å². The summed E-state index contributed by atoms with van der Waals surface area (Å²) in [6.45, 7) is 2.13. The maximum atomic E-state index is 13.1. The highest BCUT2D eigenvalue weighted by Crippen LogP contribution is 2.32. The van der Waals surface area contributed by atoms with Crippen LogP contribution in [0.25, 0.3) is 0 Å². The molecule has 1 aromatic carbocycles. The molecule has 2 aliphatic heterocycles. The van der Waals surface area contributed by atoms with Crippen molar-refractivity contribution in [1.29, 1.82) is 0 Å². The number of imide groups is 2. The fourth-order valence-electron chi connectivity index (χ4n) is 4.69. The van der Waals surface area contributed by atoms with Crippen LogP contribution in [0.4, 0.5) is 5.69 Å². The van der Waals surface area contributed by atoms with Crippen LogP contribution in [0.3, 0.4) is 0 Å². The highest BCUT2D eigenvalue weighted by molar-refractivity contribution is 6.26. The van der Waals surface area contributed by atoms with Crippen LogP contribution < -0.4 is 10.6 Å². The van der Waals surface area contributed by atoms with Gasteiger partial charge in [0.05, 0.1) is 16.8 Å². The predicted octanol–water partition coefficient (Wildman–Crippen LogP) is 6.50. The third-order valence-electron chi connectivity index (χ3n) is 6.88. The van der Waals surface area contributed by atoms with Gasteiger partial charge in [-0.2, -0.15) is 0 Å². The third-order valence-corrected chi connectivity index (χ3v) is 6.88. The van der Waals surface area contributed by atoms with Crippen molar-refractivity contribution in [1.82, 2.24) is 10.2 Å². The zero-order chi connectivity index (χ0) is 30.9. The molecule has 226 valence electrons. The summed E-state index contributed by atoms with van der Waals surface area (Å²) in [7, 11) is 0. The summed E-state index contributed by atoms with van der Waals surface area (Å²) in [6.07, 6.45) is 32.0. The highest BCUT2D eigenvalue weighted by atomic mass is 16.2. The van der Waals surface area contributed by atoms with Crippen molar-refractivity contribution in [2.24, 2.45) is 0 Å². The highest BCUT2D eigenvalue weighted by Gasteiger charge is 2.45. The Kier molecular flexibility index (Phi) is 13.8. The Morgan fingerprint density at radius 2 is 1.37 bits per heavy atom. The third kappa shape index (κ3) is 10.3. The monoisotopic (exact) mass is 583 g/mol. The lowest BCUT2D eigenvalue weighted by Gasteiger charge is -2.27. The van der Waals surface area contributed by atoms with Crippen molar-refractivity contribution >= 4 is 35.2 Å². The second-order valence-corrected chi connectivity index (χ2v) is 10.2. The van der Waals surface area contributed by atoms with Gasteiger partial charge in [0, 0.05) is 12.8 Å². The van der Waals surface area contributed by atoms with E-state index < -0.39 is 29.7 Å². The second-order valence-electron chi connectivity index (χ2n) is 10.2. The van der Waals surface area contributed by atoms with Gasteiger partial charge in [-0.05, 0) is 63.5 Å². The minimum atomic E-state index is -1.05. The van der Waals surface area contributed by atoms with Crippen molar-refractivity contribution in [2.75, 3.05) is 5.32 Å². The number of amides is 5.